The monoisotopic (exact) mass is 342 g/mol. The Morgan fingerprint density at radius 2 is 1.64 bits per heavy atom. The highest BCUT2D eigenvalue weighted by molar-refractivity contribution is 5.93. The van der Waals surface area contributed by atoms with E-state index >= 15 is 0 Å². The molecule has 0 spiro atoms. The van der Waals surface area contributed by atoms with Gasteiger partial charge in [0, 0.05) is 49.5 Å². The summed E-state index contributed by atoms with van der Waals surface area (Å²) in [6.07, 6.45) is 5.39. The highest BCUT2D eigenvalue weighted by atomic mass is 16.2. The third-order valence-corrected chi connectivity index (χ3v) is 4.74. The van der Waals surface area contributed by atoms with Crippen molar-refractivity contribution in [1.82, 2.24) is 9.80 Å². The second kappa shape index (κ2) is 7.70. The number of hydrogen-bond donors (Lipinski definition) is 2. The molecule has 1 atom stereocenters. The van der Waals surface area contributed by atoms with E-state index in [9.17, 15) is 9.59 Å². The quantitative estimate of drug-likeness (QED) is 0.827. The number of urea groups is 1. The van der Waals surface area contributed by atoms with Crippen molar-refractivity contribution in [2.75, 3.05) is 36.8 Å². The lowest BCUT2D eigenvalue weighted by Gasteiger charge is -2.23. The van der Waals surface area contributed by atoms with Gasteiger partial charge in [-0.15, -0.1) is 0 Å². The second-order valence-corrected chi connectivity index (χ2v) is 6.97. The first-order chi connectivity index (χ1) is 12.0. The maximum Gasteiger partial charge on any atom is 0.321 e. The van der Waals surface area contributed by atoms with E-state index in [0.29, 0.717) is 6.04 Å². The van der Waals surface area contributed by atoms with Crippen molar-refractivity contribution < 1.29 is 9.59 Å². The van der Waals surface area contributed by atoms with Gasteiger partial charge in [0.2, 0.25) is 5.91 Å². The molecule has 25 heavy (non-hydrogen) atoms. The van der Waals surface area contributed by atoms with Crippen LogP contribution in [0, 0.1) is 5.92 Å². The normalized spacial score (nSPS) is 20.3. The fourth-order valence-corrected chi connectivity index (χ4v) is 3.14. The van der Waals surface area contributed by atoms with Crippen LogP contribution in [0.5, 0.6) is 0 Å². The topological polar surface area (TPSA) is 64.7 Å². The molecule has 1 saturated heterocycles. The summed E-state index contributed by atoms with van der Waals surface area (Å²) in [5.74, 6) is -0.0791. The van der Waals surface area contributed by atoms with Gasteiger partial charge in [0.1, 0.15) is 0 Å². The Bertz CT molecular complexity index is 646. The summed E-state index contributed by atoms with van der Waals surface area (Å²) >= 11 is 0. The fraction of sp³-hybridized carbons (Fsp3) is 0.474. The molecule has 0 bridgehead atoms. The van der Waals surface area contributed by atoms with Gasteiger partial charge in [-0.1, -0.05) is 26.0 Å². The number of anilines is 2. The SMILES string of the molecule is CC(C)C(=O)Nc1ccc(NC(=O)N2CCC(N3CC=CC3)C2)cc1. The Kier molecular flexibility index (Phi) is 5.38. The lowest BCUT2D eigenvalue weighted by atomic mass is 10.2. The molecule has 0 aromatic heterocycles. The number of nitrogens with zero attached hydrogens (tertiary/aromatic N) is 2. The standard InChI is InChI=1S/C19H26N4O2/c1-14(2)18(24)20-15-5-7-16(8-6-15)21-19(25)23-12-9-17(13-23)22-10-3-4-11-22/h3-8,14,17H,9-13H2,1-2H3,(H,20,24)(H,21,25). The Hall–Kier alpha value is -2.34. The number of hydrogen-bond acceptors (Lipinski definition) is 3. The highest BCUT2D eigenvalue weighted by Crippen LogP contribution is 2.20. The molecule has 1 unspecified atom stereocenters. The van der Waals surface area contributed by atoms with Gasteiger partial charge < -0.3 is 15.5 Å². The lowest BCUT2D eigenvalue weighted by Crippen LogP contribution is -2.38. The Labute approximate surface area is 148 Å². The maximum absolute atomic E-state index is 12.4. The Morgan fingerprint density at radius 1 is 1.04 bits per heavy atom. The fourth-order valence-electron chi connectivity index (χ4n) is 3.14. The first-order valence-corrected chi connectivity index (χ1v) is 8.89. The van der Waals surface area contributed by atoms with Crippen LogP contribution in [0.25, 0.3) is 0 Å². The Morgan fingerprint density at radius 3 is 2.24 bits per heavy atom. The van der Waals surface area contributed by atoms with E-state index in [1.165, 1.54) is 0 Å². The number of carbonyl (C=O) groups is 2. The number of rotatable bonds is 4. The predicted octanol–water partition coefficient (Wildman–Crippen LogP) is 2.76. The minimum Gasteiger partial charge on any atom is -0.326 e. The summed E-state index contributed by atoms with van der Waals surface area (Å²) in [4.78, 5) is 28.4. The predicted molar refractivity (Wildman–Crippen MR) is 99.6 cm³/mol. The maximum atomic E-state index is 12.4. The summed E-state index contributed by atoms with van der Waals surface area (Å²) in [5.41, 5.74) is 1.47. The molecule has 6 heteroatoms. The van der Waals surface area contributed by atoms with Crippen molar-refractivity contribution in [2.24, 2.45) is 5.92 Å². The number of carbonyl (C=O) groups excluding carboxylic acids is 2. The van der Waals surface area contributed by atoms with E-state index < -0.39 is 0 Å². The summed E-state index contributed by atoms with van der Waals surface area (Å²) < 4.78 is 0. The molecule has 1 aromatic carbocycles. The summed E-state index contributed by atoms with van der Waals surface area (Å²) in [7, 11) is 0. The molecule has 134 valence electrons. The zero-order valence-corrected chi connectivity index (χ0v) is 14.9. The van der Waals surface area contributed by atoms with Crippen LogP contribution in [-0.4, -0.2) is 54.0 Å². The second-order valence-electron chi connectivity index (χ2n) is 6.97. The average Bonchev–Trinajstić information content (AvgIpc) is 3.27. The first-order valence-electron chi connectivity index (χ1n) is 8.89. The van der Waals surface area contributed by atoms with E-state index in [4.69, 9.17) is 0 Å². The van der Waals surface area contributed by atoms with Crippen LogP contribution in [0.4, 0.5) is 16.2 Å². The van der Waals surface area contributed by atoms with Gasteiger partial charge in [0.25, 0.3) is 0 Å². The summed E-state index contributed by atoms with van der Waals surface area (Å²) in [6, 6.07) is 7.62. The molecular formula is C19H26N4O2. The molecule has 2 heterocycles. The van der Waals surface area contributed by atoms with Crippen molar-refractivity contribution in [2.45, 2.75) is 26.3 Å². The van der Waals surface area contributed by atoms with E-state index in [1.54, 1.807) is 12.1 Å². The zero-order valence-electron chi connectivity index (χ0n) is 14.9. The van der Waals surface area contributed by atoms with Crippen LogP contribution >= 0.6 is 0 Å². The highest BCUT2D eigenvalue weighted by Gasteiger charge is 2.30. The number of nitrogens with one attached hydrogen (secondary N) is 2. The smallest absolute Gasteiger partial charge is 0.321 e. The molecule has 2 aliphatic heterocycles. The molecule has 1 fully saturated rings. The van der Waals surface area contributed by atoms with Gasteiger partial charge in [0.05, 0.1) is 0 Å². The van der Waals surface area contributed by atoms with E-state index in [0.717, 1.165) is 44.0 Å². The van der Waals surface area contributed by atoms with Gasteiger partial charge in [-0.3, -0.25) is 9.69 Å². The molecular weight excluding hydrogens is 316 g/mol. The first kappa shape index (κ1) is 17.5. The van der Waals surface area contributed by atoms with Gasteiger partial charge in [-0.05, 0) is 30.7 Å². The van der Waals surface area contributed by atoms with Crippen molar-refractivity contribution in [3.05, 3.63) is 36.4 Å². The molecule has 1 aromatic rings. The Balaban J connectivity index is 1.50. The van der Waals surface area contributed by atoms with E-state index in [1.807, 2.05) is 30.9 Å². The number of benzene rings is 1. The van der Waals surface area contributed by atoms with Crippen LogP contribution in [0.3, 0.4) is 0 Å². The molecule has 0 saturated carbocycles. The van der Waals surface area contributed by atoms with Crippen LogP contribution in [-0.2, 0) is 4.79 Å². The number of likely N-dealkylation sites (tertiary alicyclic amines) is 1. The van der Waals surface area contributed by atoms with Crippen LogP contribution in [0.15, 0.2) is 36.4 Å². The van der Waals surface area contributed by atoms with Crippen LogP contribution in [0.2, 0.25) is 0 Å². The van der Waals surface area contributed by atoms with Crippen LogP contribution in [0.1, 0.15) is 20.3 Å². The largest absolute Gasteiger partial charge is 0.326 e. The van der Waals surface area contributed by atoms with E-state index in [-0.39, 0.29) is 17.9 Å². The third-order valence-electron chi connectivity index (χ3n) is 4.74. The minimum atomic E-state index is -0.0618. The summed E-state index contributed by atoms with van der Waals surface area (Å²) in [5, 5.41) is 5.78. The van der Waals surface area contributed by atoms with Crippen molar-refractivity contribution >= 4 is 23.3 Å². The van der Waals surface area contributed by atoms with Crippen molar-refractivity contribution in [3.63, 3.8) is 0 Å². The molecule has 3 amide bonds. The zero-order chi connectivity index (χ0) is 17.8. The van der Waals surface area contributed by atoms with Crippen molar-refractivity contribution in [1.29, 1.82) is 0 Å². The number of amides is 3. The van der Waals surface area contributed by atoms with Gasteiger partial charge >= 0.3 is 6.03 Å². The molecule has 3 rings (SSSR count). The molecule has 2 aliphatic rings. The lowest BCUT2D eigenvalue weighted by molar-refractivity contribution is -0.118. The summed E-state index contributed by atoms with van der Waals surface area (Å²) in [6.45, 7) is 7.25. The van der Waals surface area contributed by atoms with Gasteiger partial charge in [-0.25, -0.2) is 4.79 Å². The van der Waals surface area contributed by atoms with Crippen LogP contribution < -0.4 is 10.6 Å². The molecule has 2 N–H and O–H groups in total. The third kappa shape index (κ3) is 4.39. The minimum absolute atomic E-state index is 0.0173. The molecule has 0 radical (unpaired) electrons. The molecule has 0 aliphatic carbocycles. The van der Waals surface area contributed by atoms with Gasteiger partial charge in [0.15, 0.2) is 0 Å². The van der Waals surface area contributed by atoms with E-state index in [2.05, 4.69) is 27.7 Å². The van der Waals surface area contributed by atoms with Gasteiger partial charge in [-0.2, -0.15) is 0 Å². The molecule has 6 nitrogen and oxygen atoms in total. The average molecular weight is 342 g/mol. The van der Waals surface area contributed by atoms with Crippen molar-refractivity contribution in [3.8, 4) is 0 Å².